The van der Waals surface area contributed by atoms with Crippen LogP contribution in [0, 0.1) is 6.92 Å². The van der Waals surface area contributed by atoms with Gasteiger partial charge in [-0.25, -0.2) is 0 Å². The molecule has 0 bridgehead atoms. The van der Waals surface area contributed by atoms with Crippen molar-refractivity contribution in [3.8, 4) is 5.75 Å². The van der Waals surface area contributed by atoms with Crippen molar-refractivity contribution in [1.82, 2.24) is 11.0 Å². The lowest BCUT2D eigenvalue weighted by Gasteiger charge is -2.15. The number of benzene rings is 2. The number of halogens is 1. The van der Waals surface area contributed by atoms with Crippen molar-refractivity contribution in [3.05, 3.63) is 59.1 Å². The van der Waals surface area contributed by atoms with Gasteiger partial charge in [0.1, 0.15) is 5.75 Å². The highest BCUT2D eigenvalue weighted by Gasteiger charge is 2.14. The molecule has 0 spiro atoms. The lowest BCUT2D eigenvalue weighted by molar-refractivity contribution is -0.256. The molecule has 0 heterocycles. The molecule has 1 amide bonds. The molecule has 8 heteroatoms. The molecule has 0 aliphatic heterocycles. The van der Waals surface area contributed by atoms with Gasteiger partial charge in [0.05, 0.1) is 12.0 Å². The Kier molecular flexibility index (Phi) is 9.33. The average molecular weight is 385 g/mol. The van der Waals surface area contributed by atoms with Gasteiger partial charge in [-0.2, -0.15) is 0 Å². The monoisotopic (exact) mass is 384 g/mol. The van der Waals surface area contributed by atoms with Crippen LogP contribution in [0.4, 0.5) is 0 Å². The third kappa shape index (κ3) is 7.33. The second kappa shape index (κ2) is 11.0. The van der Waals surface area contributed by atoms with Gasteiger partial charge in [-0.1, -0.05) is 42.8 Å². The Morgan fingerprint density at radius 3 is 2.60 bits per heavy atom. The summed E-state index contributed by atoms with van der Waals surface area (Å²) in [5.41, 5.74) is 5.38. The maximum absolute atomic E-state index is 11.9. The molecule has 136 valence electrons. The number of hydrogen-bond donors (Lipinski definition) is 2. The van der Waals surface area contributed by atoms with E-state index in [-0.39, 0.29) is 7.43 Å². The molecule has 0 aliphatic carbocycles. The Hall–Kier alpha value is -1.77. The number of aryl methyl sites for hydroxylation is 1. The number of rotatable bonds is 8. The Morgan fingerprint density at radius 1 is 1.20 bits per heavy atom. The van der Waals surface area contributed by atoms with Crippen molar-refractivity contribution >= 4 is 29.6 Å². The van der Waals surface area contributed by atoms with Gasteiger partial charge in [0.15, 0.2) is 6.10 Å². The van der Waals surface area contributed by atoms with E-state index in [4.69, 9.17) is 20.7 Å². The molecule has 0 aliphatic rings. The number of ether oxygens (including phenoxy) is 1. The van der Waals surface area contributed by atoms with E-state index >= 15 is 0 Å². The van der Waals surface area contributed by atoms with E-state index in [1.165, 1.54) is 0 Å². The van der Waals surface area contributed by atoms with Crippen LogP contribution in [0.2, 0.25) is 5.02 Å². The number of carbonyl (C=O) groups excluding carboxylic acids is 1. The summed E-state index contributed by atoms with van der Waals surface area (Å²) in [4.78, 5) is 17.4. The van der Waals surface area contributed by atoms with Crippen LogP contribution in [0.1, 0.15) is 19.9 Å². The molecule has 0 saturated heterocycles. The van der Waals surface area contributed by atoms with Gasteiger partial charge >= 0.3 is 0 Å². The van der Waals surface area contributed by atoms with E-state index in [0.29, 0.717) is 10.8 Å². The van der Waals surface area contributed by atoms with E-state index in [0.717, 1.165) is 22.5 Å². The van der Waals surface area contributed by atoms with E-state index in [1.54, 1.807) is 25.1 Å². The molecule has 2 aromatic rings. The molecular formula is C17H21ClN2O4S. The minimum Gasteiger partial charge on any atom is -0.481 e. The fraction of sp³-hybridized carbons (Fsp3) is 0.235. The number of nitrogens with one attached hydrogen (secondary N) is 2. The summed E-state index contributed by atoms with van der Waals surface area (Å²) in [6.45, 7) is 3.47. The average Bonchev–Trinajstić information content (AvgIpc) is 2.58. The second-order valence-electron chi connectivity index (χ2n) is 4.81. The van der Waals surface area contributed by atoms with E-state index < -0.39 is 12.0 Å². The van der Waals surface area contributed by atoms with Crippen LogP contribution in [0.25, 0.3) is 0 Å². The molecule has 0 saturated carbocycles. The van der Waals surface area contributed by atoms with Crippen molar-refractivity contribution in [3.63, 3.8) is 0 Å². The molecule has 0 radical (unpaired) electrons. The minimum atomic E-state index is -0.733. The lowest BCUT2D eigenvalue weighted by atomic mass is 10.2. The lowest BCUT2D eigenvalue weighted by Crippen LogP contribution is -2.44. The van der Waals surface area contributed by atoms with E-state index in [2.05, 4.69) is 16.0 Å². The predicted octanol–water partition coefficient (Wildman–Crippen LogP) is 4.24. The molecule has 1 unspecified atom stereocenters. The van der Waals surface area contributed by atoms with Crippen LogP contribution in [0.5, 0.6) is 5.75 Å². The first kappa shape index (κ1) is 21.3. The fourth-order valence-corrected chi connectivity index (χ4v) is 2.20. The van der Waals surface area contributed by atoms with Gasteiger partial charge in [-0.15, -0.1) is 9.32 Å². The van der Waals surface area contributed by atoms with Crippen molar-refractivity contribution < 1.29 is 18.9 Å². The summed E-state index contributed by atoms with van der Waals surface area (Å²) in [6, 6.07) is 14.5. The topological polar surface area (TPSA) is 68.8 Å². The van der Waals surface area contributed by atoms with Crippen molar-refractivity contribution in [2.75, 3.05) is 0 Å². The predicted molar refractivity (Wildman–Crippen MR) is 98.8 cm³/mol. The first-order valence-electron chi connectivity index (χ1n) is 7.09. The molecular weight excluding hydrogens is 364 g/mol. The van der Waals surface area contributed by atoms with Crippen LogP contribution in [-0.4, -0.2) is 12.0 Å². The molecule has 2 aromatic carbocycles. The first-order chi connectivity index (χ1) is 11.6. The normalized spacial score (nSPS) is 11.3. The Morgan fingerprint density at radius 2 is 1.92 bits per heavy atom. The first-order valence-corrected chi connectivity index (χ1v) is 8.21. The van der Waals surface area contributed by atoms with Gasteiger partial charge < -0.3 is 4.74 Å². The third-order valence-electron chi connectivity index (χ3n) is 2.93. The Balaban J connectivity index is 0.00000312. The van der Waals surface area contributed by atoms with Crippen LogP contribution in [0.3, 0.4) is 0 Å². The highest BCUT2D eigenvalue weighted by molar-refractivity contribution is 7.94. The molecule has 6 nitrogen and oxygen atoms in total. The summed E-state index contributed by atoms with van der Waals surface area (Å²) in [7, 11) is 0. The highest BCUT2D eigenvalue weighted by atomic mass is 35.5. The van der Waals surface area contributed by atoms with Crippen molar-refractivity contribution in [2.24, 2.45) is 0 Å². The number of hydrazine groups is 1. The van der Waals surface area contributed by atoms with Crippen LogP contribution in [0.15, 0.2) is 53.4 Å². The van der Waals surface area contributed by atoms with E-state index in [9.17, 15) is 4.79 Å². The quantitative estimate of drug-likeness (QED) is 0.307. The maximum atomic E-state index is 11.9. The smallest absolute Gasteiger partial charge is 0.276 e. The minimum absolute atomic E-state index is 0. The standard InChI is InChI=1S/C16H17ClN2O4S.CH4/c1-11-10-13(8-9-15(11)17)21-12(2)16(20)18-19-22-23-24-14-6-4-3-5-7-14;/h3-10,12,19H,1-2H3,(H,18,20);1H4. The molecule has 0 aromatic heterocycles. The second-order valence-corrected chi connectivity index (χ2v) is 5.99. The van der Waals surface area contributed by atoms with Crippen LogP contribution in [-0.2, 0) is 14.1 Å². The van der Waals surface area contributed by atoms with E-state index in [1.807, 2.05) is 37.3 Å². The maximum Gasteiger partial charge on any atom is 0.276 e. The molecule has 1 atom stereocenters. The van der Waals surface area contributed by atoms with Crippen molar-refractivity contribution in [1.29, 1.82) is 0 Å². The van der Waals surface area contributed by atoms with Crippen molar-refractivity contribution in [2.45, 2.75) is 32.3 Å². The largest absolute Gasteiger partial charge is 0.481 e. The summed E-state index contributed by atoms with van der Waals surface area (Å²) in [5, 5.41) is 0.641. The fourth-order valence-electron chi connectivity index (χ4n) is 1.67. The summed E-state index contributed by atoms with van der Waals surface area (Å²) in [6.07, 6.45) is -0.733. The summed E-state index contributed by atoms with van der Waals surface area (Å²) < 4.78 is 10.4. The zero-order valence-electron chi connectivity index (χ0n) is 13.1. The molecule has 2 N–H and O–H groups in total. The zero-order chi connectivity index (χ0) is 17.4. The Labute approximate surface area is 156 Å². The van der Waals surface area contributed by atoms with Crippen LogP contribution >= 0.6 is 23.6 Å². The molecule has 0 fully saturated rings. The molecule has 25 heavy (non-hydrogen) atoms. The summed E-state index contributed by atoms with van der Waals surface area (Å²) >= 11 is 6.95. The van der Waals surface area contributed by atoms with Gasteiger partial charge in [-0.3, -0.25) is 10.2 Å². The van der Waals surface area contributed by atoms with Gasteiger partial charge in [0, 0.05) is 9.92 Å². The van der Waals surface area contributed by atoms with Crippen LogP contribution < -0.4 is 15.8 Å². The zero-order valence-corrected chi connectivity index (χ0v) is 14.7. The number of amides is 1. The third-order valence-corrected chi connectivity index (χ3v) is 3.96. The highest BCUT2D eigenvalue weighted by Crippen LogP contribution is 2.22. The number of hydrogen-bond acceptors (Lipinski definition) is 6. The van der Waals surface area contributed by atoms with Gasteiger partial charge in [-0.05, 0) is 49.7 Å². The molecule has 2 rings (SSSR count). The van der Waals surface area contributed by atoms with Gasteiger partial charge in [0.25, 0.3) is 5.91 Å². The van der Waals surface area contributed by atoms with Gasteiger partial charge in [0.2, 0.25) is 0 Å². The summed E-state index contributed by atoms with van der Waals surface area (Å²) in [5.74, 6) is 0.132. The Bertz CT molecular complexity index is 673. The number of carbonyl (C=O) groups is 1. The SMILES string of the molecule is C.Cc1cc(OC(C)C(=O)NNOOSc2ccccc2)ccc1Cl.